The van der Waals surface area contributed by atoms with Gasteiger partial charge < -0.3 is 14.0 Å². The van der Waals surface area contributed by atoms with Crippen molar-refractivity contribution in [3.8, 4) is 0 Å². The minimum Gasteiger partial charge on any atom is -0.360 e. The van der Waals surface area contributed by atoms with Gasteiger partial charge in [-0.2, -0.15) is 0 Å². The minimum atomic E-state index is -0.156. The highest BCUT2D eigenvalue weighted by Gasteiger charge is 2.34. The second kappa shape index (κ2) is 6.26. The van der Waals surface area contributed by atoms with E-state index in [-0.39, 0.29) is 12.1 Å². The first kappa shape index (κ1) is 15.2. The number of carbonyl (C=O) groups is 1. The molecule has 2 aliphatic rings. The van der Waals surface area contributed by atoms with Crippen LogP contribution in [0.3, 0.4) is 0 Å². The zero-order valence-electron chi connectivity index (χ0n) is 13.9. The van der Waals surface area contributed by atoms with Gasteiger partial charge in [0.1, 0.15) is 11.6 Å². The fourth-order valence-electron chi connectivity index (χ4n) is 3.64. The highest BCUT2D eigenvalue weighted by molar-refractivity contribution is 5.88. The van der Waals surface area contributed by atoms with E-state index in [0.717, 1.165) is 50.4 Å². The molecule has 0 radical (unpaired) electrons. The molecule has 4 heterocycles. The fourth-order valence-corrected chi connectivity index (χ4v) is 3.64. The summed E-state index contributed by atoms with van der Waals surface area (Å²) in [5, 5.41) is 15.4. The van der Waals surface area contributed by atoms with E-state index >= 15 is 0 Å². The van der Waals surface area contributed by atoms with Crippen LogP contribution in [0.2, 0.25) is 0 Å². The van der Waals surface area contributed by atoms with Crippen LogP contribution in [0.5, 0.6) is 0 Å². The number of urea groups is 1. The molecule has 8 nitrogen and oxygen atoms in total. The van der Waals surface area contributed by atoms with Crippen LogP contribution in [-0.2, 0) is 13.0 Å². The maximum absolute atomic E-state index is 12.6. The third-order valence-electron chi connectivity index (χ3n) is 4.81. The lowest BCUT2D eigenvalue weighted by Crippen LogP contribution is -2.35. The lowest BCUT2D eigenvalue weighted by Gasteiger charge is -2.24. The predicted molar refractivity (Wildman–Crippen MR) is 86.5 cm³/mol. The summed E-state index contributed by atoms with van der Waals surface area (Å²) < 4.78 is 7.23. The lowest BCUT2D eigenvalue weighted by atomic mass is 10.2. The number of fused-ring (bicyclic) bond motifs is 1. The second-order valence-electron chi connectivity index (χ2n) is 6.54. The van der Waals surface area contributed by atoms with Crippen molar-refractivity contribution in [2.45, 2.75) is 58.0 Å². The van der Waals surface area contributed by atoms with Crippen LogP contribution in [0.25, 0.3) is 0 Å². The molecule has 0 bridgehead atoms. The largest absolute Gasteiger partial charge is 0.360 e. The first-order valence-corrected chi connectivity index (χ1v) is 8.65. The minimum absolute atomic E-state index is 0.0163. The number of likely N-dealkylation sites (tertiary alicyclic amines) is 1. The van der Waals surface area contributed by atoms with Crippen molar-refractivity contribution in [3.05, 3.63) is 23.5 Å². The molecule has 1 atom stereocenters. The van der Waals surface area contributed by atoms with Gasteiger partial charge in [-0.1, -0.05) is 11.6 Å². The lowest BCUT2D eigenvalue weighted by molar-refractivity contribution is 0.203. The van der Waals surface area contributed by atoms with Crippen molar-refractivity contribution < 1.29 is 9.32 Å². The average Bonchev–Trinajstić information content (AvgIpc) is 3.24. The molecular weight excluding hydrogens is 308 g/mol. The van der Waals surface area contributed by atoms with Crippen LogP contribution >= 0.6 is 0 Å². The SMILES string of the molecule is Cc1cc(NC(=O)N2CCCC2c2nnc3n2CCCCC3)no1. The molecule has 0 aromatic carbocycles. The number of carbonyl (C=O) groups excluding carboxylic acids is 1. The van der Waals surface area contributed by atoms with E-state index in [0.29, 0.717) is 11.6 Å². The Balaban J connectivity index is 1.54. The molecule has 1 fully saturated rings. The van der Waals surface area contributed by atoms with Crippen LogP contribution in [0.4, 0.5) is 10.6 Å². The van der Waals surface area contributed by atoms with Gasteiger partial charge >= 0.3 is 6.03 Å². The smallest absolute Gasteiger partial charge is 0.323 e. The molecule has 2 amide bonds. The van der Waals surface area contributed by atoms with E-state index in [4.69, 9.17) is 4.52 Å². The monoisotopic (exact) mass is 330 g/mol. The zero-order valence-corrected chi connectivity index (χ0v) is 13.9. The molecule has 24 heavy (non-hydrogen) atoms. The summed E-state index contributed by atoms with van der Waals surface area (Å²) in [6.07, 6.45) is 6.41. The van der Waals surface area contributed by atoms with Crippen molar-refractivity contribution in [2.24, 2.45) is 0 Å². The van der Waals surface area contributed by atoms with E-state index < -0.39 is 0 Å². The molecule has 0 saturated carbocycles. The number of aromatic nitrogens is 4. The molecule has 2 aliphatic heterocycles. The molecule has 1 N–H and O–H groups in total. The van der Waals surface area contributed by atoms with Crippen molar-refractivity contribution in [2.75, 3.05) is 11.9 Å². The van der Waals surface area contributed by atoms with Gasteiger partial charge in [0.15, 0.2) is 11.6 Å². The normalized spacial score (nSPS) is 20.7. The molecule has 0 aliphatic carbocycles. The molecular formula is C16H22N6O2. The third kappa shape index (κ3) is 2.76. The van der Waals surface area contributed by atoms with E-state index in [1.165, 1.54) is 12.8 Å². The van der Waals surface area contributed by atoms with Gasteiger partial charge in [0.05, 0.1) is 6.04 Å². The van der Waals surface area contributed by atoms with Crippen molar-refractivity contribution in [1.29, 1.82) is 0 Å². The number of nitrogens with one attached hydrogen (secondary N) is 1. The molecule has 8 heteroatoms. The summed E-state index contributed by atoms with van der Waals surface area (Å²) in [4.78, 5) is 14.5. The highest BCUT2D eigenvalue weighted by atomic mass is 16.5. The summed E-state index contributed by atoms with van der Waals surface area (Å²) >= 11 is 0. The van der Waals surface area contributed by atoms with Crippen molar-refractivity contribution in [1.82, 2.24) is 24.8 Å². The molecule has 1 saturated heterocycles. The molecule has 0 spiro atoms. The predicted octanol–water partition coefficient (Wildman–Crippen LogP) is 2.67. The highest BCUT2D eigenvalue weighted by Crippen LogP contribution is 2.32. The summed E-state index contributed by atoms with van der Waals surface area (Å²) in [7, 11) is 0. The van der Waals surface area contributed by atoms with Crippen LogP contribution < -0.4 is 5.32 Å². The van der Waals surface area contributed by atoms with Gasteiger partial charge in [0, 0.05) is 25.6 Å². The number of nitrogens with zero attached hydrogens (tertiary/aromatic N) is 5. The standard InChI is InChI=1S/C16H22N6O2/c1-11-10-13(20-24-11)17-16(23)21-9-5-6-12(21)15-19-18-14-7-3-2-4-8-22(14)15/h10,12H,2-9H2,1H3,(H,17,20,23). The van der Waals surface area contributed by atoms with Gasteiger partial charge in [-0.05, 0) is 32.6 Å². The number of hydrogen-bond acceptors (Lipinski definition) is 5. The maximum Gasteiger partial charge on any atom is 0.323 e. The number of amides is 2. The summed E-state index contributed by atoms with van der Waals surface area (Å²) in [6, 6.07) is 1.54. The molecule has 2 aromatic rings. The Kier molecular flexibility index (Phi) is 3.95. The Hall–Kier alpha value is -2.38. The molecule has 1 unspecified atom stereocenters. The van der Waals surface area contributed by atoms with Gasteiger partial charge in [0.25, 0.3) is 0 Å². The number of anilines is 1. The van der Waals surface area contributed by atoms with Crippen LogP contribution in [0.1, 0.15) is 55.6 Å². The first-order chi connectivity index (χ1) is 11.7. The Bertz CT molecular complexity index is 737. The van der Waals surface area contributed by atoms with Crippen LogP contribution in [0, 0.1) is 6.92 Å². The molecule has 4 rings (SSSR count). The Labute approximate surface area is 140 Å². The fraction of sp³-hybridized carbons (Fsp3) is 0.625. The molecule has 2 aromatic heterocycles. The Morgan fingerprint density at radius 2 is 2.17 bits per heavy atom. The number of aryl methyl sites for hydroxylation is 2. The van der Waals surface area contributed by atoms with Gasteiger partial charge in [-0.25, -0.2) is 4.79 Å². The zero-order chi connectivity index (χ0) is 16.5. The quantitative estimate of drug-likeness (QED) is 0.914. The third-order valence-corrected chi connectivity index (χ3v) is 4.81. The number of hydrogen-bond donors (Lipinski definition) is 1. The Morgan fingerprint density at radius 3 is 3.00 bits per heavy atom. The number of rotatable bonds is 2. The topological polar surface area (TPSA) is 89.1 Å². The van der Waals surface area contributed by atoms with Crippen molar-refractivity contribution >= 4 is 11.8 Å². The maximum atomic E-state index is 12.6. The van der Waals surface area contributed by atoms with E-state index in [9.17, 15) is 4.79 Å². The second-order valence-corrected chi connectivity index (χ2v) is 6.54. The van der Waals surface area contributed by atoms with Crippen LogP contribution in [0.15, 0.2) is 10.6 Å². The Morgan fingerprint density at radius 1 is 1.25 bits per heavy atom. The van der Waals surface area contributed by atoms with Crippen molar-refractivity contribution in [3.63, 3.8) is 0 Å². The van der Waals surface area contributed by atoms with Gasteiger partial charge in [-0.15, -0.1) is 10.2 Å². The average molecular weight is 330 g/mol. The summed E-state index contributed by atoms with van der Waals surface area (Å²) in [6.45, 7) is 3.47. The van der Waals surface area contributed by atoms with E-state index in [1.54, 1.807) is 13.0 Å². The van der Waals surface area contributed by atoms with Crippen LogP contribution in [-0.4, -0.2) is 37.4 Å². The van der Waals surface area contributed by atoms with E-state index in [1.807, 2.05) is 4.90 Å². The van der Waals surface area contributed by atoms with Gasteiger partial charge in [0.2, 0.25) is 0 Å². The summed E-state index contributed by atoms with van der Waals surface area (Å²) in [5.74, 6) is 3.10. The first-order valence-electron chi connectivity index (χ1n) is 8.65. The molecule has 128 valence electrons. The summed E-state index contributed by atoms with van der Waals surface area (Å²) in [5.41, 5.74) is 0. The van der Waals surface area contributed by atoms with E-state index in [2.05, 4.69) is 25.2 Å². The van der Waals surface area contributed by atoms with Gasteiger partial charge in [-0.3, -0.25) is 5.32 Å².